The number of ether oxygens (including phenoxy) is 1. The quantitative estimate of drug-likeness (QED) is 0.636. The maximum atomic E-state index is 11.7. The van der Waals surface area contributed by atoms with E-state index in [1.54, 1.807) is 6.20 Å². The number of nitrogens with zero attached hydrogens (tertiary/aromatic N) is 1. The van der Waals surface area contributed by atoms with Crippen LogP contribution < -0.4 is 10.6 Å². The van der Waals surface area contributed by atoms with Gasteiger partial charge in [0, 0.05) is 24.3 Å². The monoisotopic (exact) mass is 224 g/mol. The lowest BCUT2D eigenvalue weighted by Gasteiger charge is -2.22. The number of carbonyl (C=O) groups excluding carboxylic acids is 1. The van der Waals surface area contributed by atoms with Crippen molar-refractivity contribution >= 4 is 5.91 Å². The van der Waals surface area contributed by atoms with Gasteiger partial charge in [0.15, 0.2) is 0 Å². The van der Waals surface area contributed by atoms with Crippen LogP contribution >= 0.6 is 0 Å². The first-order valence-corrected chi connectivity index (χ1v) is 5.35. The van der Waals surface area contributed by atoms with Crippen molar-refractivity contribution in [1.82, 2.24) is 20.8 Å². The van der Waals surface area contributed by atoms with Crippen LogP contribution in [0.25, 0.3) is 0 Å². The van der Waals surface area contributed by atoms with Crippen LogP contribution in [0, 0.1) is 6.92 Å². The highest BCUT2D eigenvalue weighted by atomic mass is 16.5. The van der Waals surface area contributed by atoms with E-state index >= 15 is 0 Å². The van der Waals surface area contributed by atoms with Crippen molar-refractivity contribution in [2.45, 2.75) is 19.5 Å². The molecule has 1 aliphatic rings. The van der Waals surface area contributed by atoms with Crippen LogP contribution in [0.3, 0.4) is 0 Å². The fourth-order valence-electron chi connectivity index (χ4n) is 1.59. The molecule has 0 saturated carbocycles. The SMILES string of the molecule is Cc1[nH]ncc1CNC(=O)C1COCCN1. The molecule has 16 heavy (non-hydrogen) atoms. The zero-order valence-corrected chi connectivity index (χ0v) is 9.25. The summed E-state index contributed by atoms with van der Waals surface area (Å²) in [4.78, 5) is 11.7. The first-order chi connectivity index (χ1) is 7.77. The topological polar surface area (TPSA) is 79.0 Å². The van der Waals surface area contributed by atoms with Gasteiger partial charge in [-0.1, -0.05) is 0 Å². The Morgan fingerprint density at radius 1 is 1.75 bits per heavy atom. The summed E-state index contributed by atoms with van der Waals surface area (Å²) in [6, 6.07) is -0.235. The summed E-state index contributed by atoms with van der Waals surface area (Å²) < 4.78 is 5.22. The van der Waals surface area contributed by atoms with Crippen molar-refractivity contribution in [1.29, 1.82) is 0 Å². The average Bonchev–Trinajstić information content (AvgIpc) is 2.73. The number of aryl methyl sites for hydroxylation is 1. The normalized spacial score (nSPS) is 20.7. The number of hydrogen-bond acceptors (Lipinski definition) is 4. The highest BCUT2D eigenvalue weighted by Crippen LogP contribution is 2.02. The number of rotatable bonds is 3. The van der Waals surface area contributed by atoms with Crippen molar-refractivity contribution in [2.75, 3.05) is 19.8 Å². The maximum Gasteiger partial charge on any atom is 0.239 e. The lowest BCUT2D eigenvalue weighted by atomic mass is 10.2. The van der Waals surface area contributed by atoms with Crippen molar-refractivity contribution in [3.8, 4) is 0 Å². The van der Waals surface area contributed by atoms with Crippen LogP contribution in [-0.2, 0) is 16.1 Å². The molecule has 1 atom stereocenters. The summed E-state index contributed by atoms with van der Waals surface area (Å²) in [6.45, 7) is 4.26. The highest BCUT2D eigenvalue weighted by molar-refractivity contribution is 5.81. The van der Waals surface area contributed by atoms with Crippen LogP contribution in [0.4, 0.5) is 0 Å². The Balaban J connectivity index is 1.81. The van der Waals surface area contributed by atoms with Crippen molar-refractivity contribution in [3.05, 3.63) is 17.5 Å². The van der Waals surface area contributed by atoms with E-state index in [1.807, 2.05) is 6.92 Å². The van der Waals surface area contributed by atoms with Crippen LogP contribution in [0.5, 0.6) is 0 Å². The Labute approximate surface area is 93.8 Å². The summed E-state index contributed by atoms with van der Waals surface area (Å²) in [7, 11) is 0. The van der Waals surface area contributed by atoms with Gasteiger partial charge in [-0.25, -0.2) is 0 Å². The predicted molar refractivity (Wildman–Crippen MR) is 57.8 cm³/mol. The smallest absolute Gasteiger partial charge is 0.239 e. The summed E-state index contributed by atoms with van der Waals surface area (Å²) in [5.74, 6) is -0.0275. The molecular formula is C10H16N4O2. The Morgan fingerprint density at radius 2 is 2.62 bits per heavy atom. The molecule has 6 heteroatoms. The molecular weight excluding hydrogens is 208 g/mol. The lowest BCUT2D eigenvalue weighted by Crippen LogP contribution is -2.51. The van der Waals surface area contributed by atoms with E-state index in [0.29, 0.717) is 19.8 Å². The van der Waals surface area contributed by atoms with Gasteiger partial charge in [0.05, 0.1) is 19.4 Å². The summed E-state index contributed by atoms with van der Waals surface area (Å²) >= 11 is 0. The number of amides is 1. The molecule has 1 aromatic heterocycles. The molecule has 1 fully saturated rings. The van der Waals surface area contributed by atoms with E-state index in [9.17, 15) is 4.79 Å². The maximum absolute atomic E-state index is 11.7. The van der Waals surface area contributed by atoms with Crippen LogP contribution in [0.1, 0.15) is 11.3 Å². The molecule has 3 N–H and O–H groups in total. The van der Waals surface area contributed by atoms with Crippen molar-refractivity contribution in [2.24, 2.45) is 0 Å². The molecule has 6 nitrogen and oxygen atoms in total. The number of carbonyl (C=O) groups is 1. The second-order valence-electron chi connectivity index (χ2n) is 3.82. The number of aromatic nitrogens is 2. The molecule has 0 bridgehead atoms. The third-order valence-electron chi connectivity index (χ3n) is 2.63. The molecule has 2 heterocycles. The van der Waals surface area contributed by atoms with Gasteiger partial charge in [-0.3, -0.25) is 9.89 Å². The number of hydrogen-bond donors (Lipinski definition) is 3. The third kappa shape index (κ3) is 2.59. The van der Waals surface area contributed by atoms with Gasteiger partial charge in [0.1, 0.15) is 6.04 Å². The largest absolute Gasteiger partial charge is 0.378 e. The van der Waals surface area contributed by atoms with Gasteiger partial charge in [-0.2, -0.15) is 5.10 Å². The minimum Gasteiger partial charge on any atom is -0.378 e. The first-order valence-electron chi connectivity index (χ1n) is 5.35. The Hall–Kier alpha value is -1.40. The third-order valence-corrected chi connectivity index (χ3v) is 2.63. The molecule has 1 saturated heterocycles. The summed E-state index contributed by atoms with van der Waals surface area (Å²) in [5.41, 5.74) is 1.98. The molecule has 88 valence electrons. The number of aromatic amines is 1. The van der Waals surface area contributed by atoms with E-state index in [1.165, 1.54) is 0 Å². The minimum atomic E-state index is -0.235. The molecule has 0 radical (unpaired) electrons. The van der Waals surface area contributed by atoms with Crippen molar-refractivity contribution in [3.63, 3.8) is 0 Å². The fraction of sp³-hybridized carbons (Fsp3) is 0.600. The minimum absolute atomic E-state index is 0.0275. The Morgan fingerprint density at radius 3 is 3.25 bits per heavy atom. The predicted octanol–water partition coefficient (Wildman–Crippen LogP) is -0.677. The van der Waals surface area contributed by atoms with Gasteiger partial charge in [0.2, 0.25) is 5.91 Å². The van der Waals surface area contributed by atoms with E-state index in [2.05, 4.69) is 20.8 Å². The van der Waals surface area contributed by atoms with E-state index < -0.39 is 0 Å². The van der Waals surface area contributed by atoms with E-state index in [0.717, 1.165) is 17.8 Å². The zero-order chi connectivity index (χ0) is 11.4. The van der Waals surface area contributed by atoms with Gasteiger partial charge in [-0.15, -0.1) is 0 Å². The second kappa shape index (κ2) is 5.09. The van der Waals surface area contributed by atoms with E-state index in [-0.39, 0.29) is 11.9 Å². The van der Waals surface area contributed by atoms with Gasteiger partial charge in [-0.05, 0) is 6.92 Å². The van der Waals surface area contributed by atoms with Gasteiger partial charge >= 0.3 is 0 Å². The first kappa shape index (κ1) is 11.1. The molecule has 1 aliphatic heterocycles. The van der Waals surface area contributed by atoms with E-state index in [4.69, 9.17) is 4.74 Å². The van der Waals surface area contributed by atoms with Crippen LogP contribution in [0.15, 0.2) is 6.20 Å². The standard InChI is InChI=1S/C10H16N4O2/c1-7-8(5-13-14-7)4-12-10(15)9-6-16-3-2-11-9/h5,9,11H,2-4,6H2,1H3,(H,12,15)(H,13,14). The van der Waals surface area contributed by atoms with Gasteiger partial charge in [0.25, 0.3) is 0 Å². The highest BCUT2D eigenvalue weighted by Gasteiger charge is 2.20. The summed E-state index contributed by atoms with van der Waals surface area (Å²) in [5, 5.41) is 12.7. The molecule has 0 aliphatic carbocycles. The number of H-pyrrole nitrogens is 1. The molecule has 2 rings (SSSR count). The fourth-order valence-corrected chi connectivity index (χ4v) is 1.59. The van der Waals surface area contributed by atoms with Gasteiger partial charge < -0.3 is 15.4 Å². The van der Waals surface area contributed by atoms with Crippen molar-refractivity contribution < 1.29 is 9.53 Å². The molecule has 0 spiro atoms. The Bertz CT molecular complexity index is 357. The van der Waals surface area contributed by atoms with Crippen LogP contribution in [0.2, 0.25) is 0 Å². The Kier molecular flexibility index (Phi) is 3.53. The summed E-state index contributed by atoms with van der Waals surface area (Å²) in [6.07, 6.45) is 1.72. The lowest BCUT2D eigenvalue weighted by molar-refractivity contribution is -0.126. The molecule has 1 unspecified atom stereocenters. The zero-order valence-electron chi connectivity index (χ0n) is 9.25. The number of nitrogens with one attached hydrogen (secondary N) is 3. The molecule has 1 amide bonds. The average molecular weight is 224 g/mol. The van der Waals surface area contributed by atoms with Crippen LogP contribution in [-0.4, -0.2) is 41.9 Å². The second-order valence-corrected chi connectivity index (χ2v) is 3.82. The molecule has 1 aromatic rings. The number of morpholine rings is 1. The molecule has 0 aromatic carbocycles.